The van der Waals surface area contributed by atoms with Crippen molar-refractivity contribution in [1.82, 2.24) is 0 Å². The molecule has 0 aliphatic carbocycles. The van der Waals surface area contributed by atoms with Crippen molar-refractivity contribution in [3.8, 4) is 6.07 Å². The summed E-state index contributed by atoms with van der Waals surface area (Å²) in [5.41, 5.74) is 6.31. The topological polar surface area (TPSA) is 111 Å². The summed E-state index contributed by atoms with van der Waals surface area (Å²) in [4.78, 5) is 12.7. The lowest BCUT2D eigenvalue weighted by Gasteiger charge is -2.38. The van der Waals surface area contributed by atoms with Gasteiger partial charge < -0.3 is 20.8 Å². The Kier molecular flexibility index (Phi) is 3.81. The molecule has 0 radical (unpaired) electrons. The van der Waals surface area contributed by atoms with Gasteiger partial charge in [0, 0.05) is 18.8 Å². The standard InChI is InChI=1S/C14H17N3O3/c15-9-10-7-11(16)1-2-12(10)17-5-3-14(20,4-6-17)8-13(18)19/h1-2,7,20H,3-6,8,16H2,(H,18,19). The third kappa shape index (κ3) is 3.00. The van der Waals surface area contributed by atoms with Crippen LogP contribution < -0.4 is 10.6 Å². The molecule has 1 aliphatic heterocycles. The van der Waals surface area contributed by atoms with Gasteiger partial charge in [-0.3, -0.25) is 4.79 Å². The number of nitriles is 1. The number of nitrogens with two attached hydrogens (primary N) is 1. The summed E-state index contributed by atoms with van der Waals surface area (Å²) in [5.74, 6) is -0.994. The highest BCUT2D eigenvalue weighted by Gasteiger charge is 2.34. The number of hydrogen-bond acceptors (Lipinski definition) is 5. The lowest BCUT2D eigenvalue weighted by molar-refractivity contribution is -0.143. The van der Waals surface area contributed by atoms with E-state index in [0.717, 1.165) is 5.69 Å². The molecule has 4 N–H and O–H groups in total. The normalized spacial score (nSPS) is 17.5. The van der Waals surface area contributed by atoms with Crippen LogP contribution in [0.1, 0.15) is 24.8 Å². The molecule has 1 fully saturated rings. The van der Waals surface area contributed by atoms with Crippen LogP contribution in [0.25, 0.3) is 0 Å². The van der Waals surface area contributed by atoms with E-state index in [9.17, 15) is 9.90 Å². The zero-order chi connectivity index (χ0) is 14.8. The summed E-state index contributed by atoms with van der Waals surface area (Å²) in [6.45, 7) is 1.03. The van der Waals surface area contributed by atoms with E-state index in [1.165, 1.54) is 0 Å². The number of anilines is 2. The van der Waals surface area contributed by atoms with E-state index in [1.54, 1.807) is 18.2 Å². The Labute approximate surface area is 117 Å². The van der Waals surface area contributed by atoms with Crippen molar-refractivity contribution >= 4 is 17.3 Å². The first kappa shape index (κ1) is 14.2. The van der Waals surface area contributed by atoms with Crippen LogP contribution in [0.5, 0.6) is 0 Å². The minimum atomic E-state index is -1.15. The predicted molar refractivity (Wildman–Crippen MR) is 74.2 cm³/mol. The zero-order valence-corrected chi connectivity index (χ0v) is 11.0. The van der Waals surface area contributed by atoms with Crippen LogP contribution in [0.15, 0.2) is 18.2 Å². The van der Waals surface area contributed by atoms with Crippen molar-refractivity contribution in [2.45, 2.75) is 24.9 Å². The SMILES string of the molecule is N#Cc1cc(N)ccc1N1CCC(O)(CC(=O)O)CC1. The van der Waals surface area contributed by atoms with E-state index in [1.807, 2.05) is 4.90 Å². The lowest BCUT2D eigenvalue weighted by atomic mass is 9.88. The van der Waals surface area contributed by atoms with Gasteiger partial charge >= 0.3 is 5.97 Å². The summed E-state index contributed by atoms with van der Waals surface area (Å²) in [6, 6.07) is 7.24. The molecule has 0 atom stereocenters. The number of carbonyl (C=O) groups is 1. The molecule has 0 amide bonds. The molecule has 6 heteroatoms. The minimum absolute atomic E-state index is 0.242. The average molecular weight is 275 g/mol. The number of aliphatic hydroxyl groups is 1. The van der Waals surface area contributed by atoms with E-state index in [0.29, 0.717) is 37.2 Å². The van der Waals surface area contributed by atoms with E-state index >= 15 is 0 Å². The Bertz CT molecular complexity index is 557. The minimum Gasteiger partial charge on any atom is -0.481 e. The van der Waals surface area contributed by atoms with E-state index < -0.39 is 11.6 Å². The largest absolute Gasteiger partial charge is 0.481 e. The summed E-state index contributed by atoms with van der Waals surface area (Å²) in [6.07, 6.45) is 0.497. The fourth-order valence-corrected chi connectivity index (χ4v) is 2.54. The molecule has 0 spiro atoms. The molecule has 20 heavy (non-hydrogen) atoms. The van der Waals surface area contributed by atoms with Gasteiger partial charge in [-0.15, -0.1) is 0 Å². The molecule has 1 aromatic rings. The second kappa shape index (κ2) is 5.39. The van der Waals surface area contributed by atoms with Crippen LogP contribution in [0.3, 0.4) is 0 Å². The molecular weight excluding hydrogens is 258 g/mol. The summed E-state index contributed by atoms with van der Waals surface area (Å²) < 4.78 is 0. The fourth-order valence-electron chi connectivity index (χ4n) is 2.54. The maximum absolute atomic E-state index is 10.7. The van der Waals surface area contributed by atoms with Crippen LogP contribution in [-0.2, 0) is 4.79 Å². The van der Waals surface area contributed by atoms with E-state index in [2.05, 4.69) is 6.07 Å². The van der Waals surface area contributed by atoms with Gasteiger partial charge in [-0.05, 0) is 31.0 Å². The number of aliphatic carboxylic acids is 1. The zero-order valence-electron chi connectivity index (χ0n) is 11.0. The molecule has 1 aromatic carbocycles. The molecule has 1 heterocycles. The Balaban J connectivity index is 2.12. The van der Waals surface area contributed by atoms with Crippen molar-refractivity contribution < 1.29 is 15.0 Å². The third-order valence-electron chi connectivity index (χ3n) is 3.66. The van der Waals surface area contributed by atoms with Crippen LogP contribution in [0.4, 0.5) is 11.4 Å². The van der Waals surface area contributed by atoms with Gasteiger partial charge in [-0.2, -0.15) is 5.26 Å². The van der Waals surface area contributed by atoms with Crippen LogP contribution >= 0.6 is 0 Å². The van der Waals surface area contributed by atoms with Crippen LogP contribution in [-0.4, -0.2) is 34.9 Å². The van der Waals surface area contributed by atoms with Crippen molar-refractivity contribution in [3.05, 3.63) is 23.8 Å². The highest BCUT2D eigenvalue weighted by atomic mass is 16.4. The Hall–Kier alpha value is -2.26. The van der Waals surface area contributed by atoms with Gasteiger partial charge in [0.25, 0.3) is 0 Å². The summed E-state index contributed by atoms with van der Waals surface area (Å²) in [7, 11) is 0. The van der Waals surface area contributed by atoms with Gasteiger partial charge in [-0.25, -0.2) is 0 Å². The van der Waals surface area contributed by atoms with E-state index in [-0.39, 0.29) is 6.42 Å². The lowest BCUT2D eigenvalue weighted by Crippen LogP contribution is -2.45. The molecule has 0 bridgehead atoms. The first-order chi connectivity index (χ1) is 9.43. The molecule has 106 valence electrons. The number of carboxylic acids is 1. The molecule has 0 aromatic heterocycles. The number of carboxylic acid groups (broad SMARTS) is 1. The van der Waals surface area contributed by atoms with Crippen molar-refractivity contribution in [1.29, 1.82) is 5.26 Å². The van der Waals surface area contributed by atoms with Crippen molar-refractivity contribution in [2.75, 3.05) is 23.7 Å². The van der Waals surface area contributed by atoms with Crippen molar-refractivity contribution in [3.63, 3.8) is 0 Å². The number of hydrogen-bond donors (Lipinski definition) is 3. The van der Waals surface area contributed by atoms with Gasteiger partial charge in [0.15, 0.2) is 0 Å². The number of piperidine rings is 1. The van der Waals surface area contributed by atoms with Gasteiger partial charge in [-0.1, -0.05) is 0 Å². The maximum Gasteiger partial charge on any atom is 0.306 e. The highest BCUT2D eigenvalue weighted by molar-refractivity contribution is 5.68. The fraction of sp³-hybridized carbons (Fsp3) is 0.429. The number of nitrogen functional groups attached to an aromatic ring is 1. The second-order valence-electron chi connectivity index (χ2n) is 5.17. The Morgan fingerprint density at radius 3 is 2.65 bits per heavy atom. The number of benzene rings is 1. The second-order valence-corrected chi connectivity index (χ2v) is 5.17. The summed E-state index contributed by atoms with van der Waals surface area (Å²) in [5, 5.41) is 28.1. The molecule has 1 aliphatic rings. The summed E-state index contributed by atoms with van der Waals surface area (Å²) >= 11 is 0. The quantitative estimate of drug-likeness (QED) is 0.708. The van der Waals surface area contributed by atoms with Gasteiger partial charge in [0.05, 0.1) is 23.3 Å². The van der Waals surface area contributed by atoms with Gasteiger partial charge in [0.2, 0.25) is 0 Å². The smallest absolute Gasteiger partial charge is 0.306 e. The molecule has 0 unspecified atom stereocenters. The van der Waals surface area contributed by atoms with E-state index in [4.69, 9.17) is 16.1 Å². The average Bonchev–Trinajstić information content (AvgIpc) is 2.38. The maximum atomic E-state index is 10.7. The first-order valence-corrected chi connectivity index (χ1v) is 6.42. The Morgan fingerprint density at radius 2 is 2.10 bits per heavy atom. The molecule has 2 rings (SSSR count). The molecule has 6 nitrogen and oxygen atoms in total. The van der Waals surface area contributed by atoms with Crippen LogP contribution in [0, 0.1) is 11.3 Å². The predicted octanol–water partition coefficient (Wildman–Crippen LogP) is 0.946. The Morgan fingerprint density at radius 1 is 1.45 bits per heavy atom. The molecule has 1 saturated heterocycles. The van der Waals surface area contributed by atoms with Crippen molar-refractivity contribution in [2.24, 2.45) is 0 Å². The number of nitrogens with zero attached hydrogens (tertiary/aromatic N) is 2. The molecule has 0 saturated carbocycles. The monoisotopic (exact) mass is 275 g/mol. The number of rotatable bonds is 3. The van der Waals surface area contributed by atoms with Crippen LogP contribution in [0.2, 0.25) is 0 Å². The first-order valence-electron chi connectivity index (χ1n) is 6.42. The third-order valence-corrected chi connectivity index (χ3v) is 3.66. The highest BCUT2D eigenvalue weighted by Crippen LogP contribution is 2.31. The molecular formula is C14H17N3O3. The van der Waals surface area contributed by atoms with Gasteiger partial charge in [0.1, 0.15) is 6.07 Å².